The molecule has 0 saturated carbocycles. The largest absolute Gasteiger partial charge is 0.493 e. The van der Waals surface area contributed by atoms with Gasteiger partial charge in [-0.25, -0.2) is 4.52 Å². The van der Waals surface area contributed by atoms with Crippen molar-refractivity contribution in [3.8, 4) is 28.5 Å². The van der Waals surface area contributed by atoms with E-state index < -0.39 is 0 Å². The summed E-state index contributed by atoms with van der Waals surface area (Å²) in [5.74, 6) is 1.04. The molecule has 4 aromatic rings. The molecule has 8 nitrogen and oxygen atoms in total. The van der Waals surface area contributed by atoms with Gasteiger partial charge in [-0.15, -0.1) is 16.4 Å². The molecule has 1 N–H and O–H groups in total. The fourth-order valence-electron chi connectivity index (χ4n) is 3.41. The van der Waals surface area contributed by atoms with Crippen molar-refractivity contribution in [3.63, 3.8) is 0 Å². The molecule has 0 bridgehead atoms. The molecule has 9 heteroatoms. The number of benzene rings is 2. The van der Waals surface area contributed by atoms with Gasteiger partial charge in [0, 0.05) is 16.5 Å². The first-order valence-corrected chi connectivity index (χ1v) is 10.4. The van der Waals surface area contributed by atoms with Crippen LogP contribution in [0.4, 0.5) is 5.95 Å². The number of hydrogen-bond donors (Lipinski definition) is 1. The fourth-order valence-corrected chi connectivity index (χ4v) is 4.23. The fraction of sp³-hybridized carbons (Fsp3) is 0.227. The molecule has 31 heavy (non-hydrogen) atoms. The number of aromatic nitrogens is 3. The number of thiazole rings is 1. The summed E-state index contributed by atoms with van der Waals surface area (Å²) in [7, 11) is 4.51. The SMILES string of the molecule is COc1cc(C(=O)Nc2nc3scc(-c4ccc(C)cc4C)n3n2)cc(OC)c1OC. The van der Waals surface area contributed by atoms with Crippen LogP contribution in [-0.4, -0.2) is 41.8 Å². The molecule has 0 radical (unpaired) electrons. The second-order valence-electron chi connectivity index (χ2n) is 6.94. The first-order valence-electron chi connectivity index (χ1n) is 9.48. The zero-order valence-electron chi connectivity index (χ0n) is 17.8. The molecule has 0 aliphatic heterocycles. The van der Waals surface area contributed by atoms with Crippen LogP contribution in [0, 0.1) is 13.8 Å². The van der Waals surface area contributed by atoms with Crippen molar-refractivity contribution in [3.05, 3.63) is 52.4 Å². The highest BCUT2D eigenvalue weighted by Crippen LogP contribution is 2.38. The molecule has 0 saturated heterocycles. The summed E-state index contributed by atoms with van der Waals surface area (Å²) in [4.78, 5) is 18.0. The maximum Gasteiger partial charge on any atom is 0.258 e. The van der Waals surface area contributed by atoms with Crippen molar-refractivity contribution in [2.45, 2.75) is 13.8 Å². The Morgan fingerprint density at radius 2 is 1.74 bits per heavy atom. The number of nitrogens with one attached hydrogen (secondary N) is 1. The van der Waals surface area contributed by atoms with Crippen LogP contribution in [0.5, 0.6) is 17.2 Å². The molecule has 4 rings (SSSR count). The van der Waals surface area contributed by atoms with Crippen LogP contribution < -0.4 is 19.5 Å². The summed E-state index contributed by atoms with van der Waals surface area (Å²) in [6.07, 6.45) is 0. The Balaban J connectivity index is 1.65. The molecule has 1 amide bonds. The van der Waals surface area contributed by atoms with Crippen molar-refractivity contribution < 1.29 is 19.0 Å². The predicted octanol–water partition coefficient (Wildman–Crippen LogP) is 4.35. The number of hydrogen-bond acceptors (Lipinski definition) is 7. The van der Waals surface area contributed by atoms with Gasteiger partial charge in [0.05, 0.1) is 27.0 Å². The van der Waals surface area contributed by atoms with Crippen LogP contribution in [0.2, 0.25) is 0 Å². The Hall–Kier alpha value is -3.59. The summed E-state index contributed by atoms with van der Waals surface area (Å²) >= 11 is 1.46. The summed E-state index contributed by atoms with van der Waals surface area (Å²) in [5.41, 5.74) is 4.69. The minimum Gasteiger partial charge on any atom is -0.493 e. The normalized spacial score (nSPS) is 10.9. The van der Waals surface area contributed by atoms with Crippen LogP contribution in [0.3, 0.4) is 0 Å². The van der Waals surface area contributed by atoms with Gasteiger partial charge in [-0.05, 0) is 31.5 Å². The van der Waals surface area contributed by atoms with Crippen LogP contribution >= 0.6 is 11.3 Å². The summed E-state index contributed by atoms with van der Waals surface area (Å²) in [6.45, 7) is 4.13. The molecule has 160 valence electrons. The van der Waals surface area contributed by atoms with Crippen molar-refractivity contribution in [1.29, 1.82) is 0 Å². The van der Waals surface area contributed by atoms with E-state index in [0.29, 0.717) is 27.8 Å². The Labute approximate surface area is 183 Å². The van der Waals surface area contributed by atoms with Gasteiger partial charge in [0.15, 0.2) is 11.5 Å². The number of fused-ring (bicyclic) bond motifs is 1. The molecule has 0 spiro atoms. The summed E-state index contributed by atoms with van der Waals surface area (Å²) < 4.78 is 17.7. The minimum atomic E-state index is -0.384. The number of carbonyl (C=O) groups excluding carboxylic acids is 1. The van der Waals surface area contributed by atoms with E-state index in [4.69, 9.17) is 14.2 Å². The van der Waals surface area contributed by atoms with Gasteiger partial charge in [0.25, 0.3) is 11.9 Å². The third-order valence-corrected chi connectivity index (χ3v) is 5.71. The van der Waals surface area contributed by atoms with E-state index in [1.54, 1.807) is 16.6 Å². The third kappa shape index (κ3) is 3.79. The Morgan fingerprint density at radius 3 is 2.35 bits per heavy atom. The van der Waals surface area contributed by atoms with Gasteiger partial charge in [-0.3, -0.25) is 10.1 Å². The van der Waals surface area contributed by atoms with E-state index in [2.05, 4.69) is 47.4 Å². The van der Waals surface area contributed by atoms with Gasteiger partial charge >= 0.3 is 0 Å². The zero-order chi connectivity index (χ0) is 22.1. The lowest BCUT2D eigenvalue weighted by molar-refractivity contribution is 0.102. The number of amides is 1. The number of aryl methyl sites for hydroxylation is 2. The molecule has 0 fully saturated rings. The molecule has 0 aliphatic carbocycles. The average Bonchev–Trinajstić information content (AvgIpc) is 3.33. The lowest BCUT2D eigenvalue weighted by Crippen LogP contribution is -2.14. The van der Waals surface area contributed by atoms with Crippen LogP contribution in [0.15, 0.2) is 35.7 Å². The number of ether oxygens (including phenoxy) is 3. The monoisotopic (exact) mass is 438 g/mol. The Kier molecular flexibility index (Phi) is 5.51. The Morgan fingerprint density at radius 1 is 1.03 bits per heavy atom. The van der Waals surface area contributed by atoms with E-state index in [9.17, 15) is 4.79 Å². The van der Waals surface area contributed by atoms with E-state index >= 15 is 0 Å². The van der Waals surface area contributed by atoms with E-state index in [0.717, 1.165) is 16.8 Å². The maximum atomic E-state index is 12.8. The van der Waals surface area contributed by atoms with Crippen molar-refractivity contribution in [2.24, 2.45) is 0 Å². The average molecular weight is 439 g/mol. The van der Waals surface area contributed by atoms with E-state index in [-0.39, 0.29) is 11.9 Å². The second-order valence-corrected chi connectivity index (χ2v) is 7.77. The quantitative estimate of drug-likeness (QED) is 0.482. The standard InChI is InChI=1S/C22H22N4O4S/c1-12-6-7-15(13(2)8-12)16-11-31-22-24-21(25-26(16)22)23-20(27)14-9-17(28-3)19(30-5)18(10-14)29-4/h6-11H,1-5H3,(H,23,25,27). The van der Waals surface area contributed by atoms with Gasteiger partial charge in [-0.2, -0.15) is 4.98 Å². The number of nitrogens with zero attached hydrogens (tertiary/aromatic N) is 3. The first kappa shape index (κ1) is 20.7. The number of anilines is 1. The van der Waals surface area contributed by atoms with Crippen molar-refractivity contribution >= 4 is 28.2 Å². The van der Waals surface area contributed by atoms with Crippen LogP contribution in [0.25, 0.3) is 16.2 Å². The number of rotatable bonds is 6. The topological polar surface area (TPSA) is 87.0 Å². The maximum absolute atomic E-state index is 12.8. The molecular formula is C22H22N4O4S. The van der Waals surface area contributed by atoms with Crippen molar-refractivity contribution in [1.82, 2.24) is 14.6 Å². The molecule has 0 aliphatic rings. The second kappa shape index (κ2) is 8.27. The highest BCUT2D eigenvalue weighted by atomic mass is 32.1. The van der Waals surface area contributed by atoms with Gasteiger partial charge < -0.3 is 14.2 Å². The summed E-state index contributed by atoms with van der Waals surface area (Å²) in [6, 6.07) is 9.42. The van der Waals surface area contributed by atoms with Gasteiger partial charge in [0.1, 0.15) is 0 Å². The van der Waals surface area contributed by atoms with E-state index in [1.165, 1.54) is 38.2 Å². The third-order valence-electron chi connectivity index (χ3n) is 4.89. The molecular weight excluding hydrogens is 416 g/mol. The number of methoxy groups -OCH3 is 3. The number of carbonyl (C=O) groups is 1. The lowest BCUT2D eigenvalue weighted by Gasteiger charge is -2.13. The first-order chi connectivity index (χ1) is 14.9. The zero-order valence-corrected chi connectivity index (χ0v) is 18.7. The molecule has 2 heterocycles. The lowest BCUT2D eigenvalue weighted by atomic mass is 10.0. The highest BCUT2D eigenvalue weighted by Gasteiger charge is 2.19. The smallest absolute Gasteiger partial charge is 0.258 e. The molecule has 2 aromatic heterocycles. The molecule has 2 aromatic carbocycles. The summed E-state index contributed by atoms with van der Waals surface area (Å²) in [5, 5.41) is 9.25. The Bertz CT molecular complexity index is 1250. The predicted molar refractivity (Wildman–Crippen MR) is 120 cm³/mol. The van der Waals surface area contributed by atoms with Gasteiger partial charge in [-0.1, -0.05) is 23.8 Å². The van der Waals surface area contributed by atoms with E-state index in [1.807, 2.05) is 5.38 Å². The van der Waals surface area contributed by atoms with Crippen LogP contribution in [-0.2, 0) is 0 Å². The van der Waals surface area contributed by atoms with Crippen LogP contribution in [0.1, 0.15) is 21.5 Å². The molecule has 0 unspecified atom stereocenters. The minimum absolute atomic E-state index is 0.219. The highest BCUT2D eigenvalue weighted by molar-refractivity contribution is 7.15. The molecule has 0 atom stereocenters. The van der Waals surface area contributed by atoms with Crippen molar-refractivity contribution in [2.75, 3.05) is 26.6 Å². The van der Waals surface area contributed by atoms with Gasteiger partial charge in [0.2, 0.25) is 10.7 Å².